The normalized spacial score (nSPS) is 18.4. The molecule has 2 atom stereocenters. The van der Waals surface area contributed by atoms with Crippen LogP contribution >= 0.6 is 0 Å². The average Bonchev–Trinajstić information content (AvgIpc) is 3.31. The maximum atomic E-state index is 12.2. The van der Waals surface area contributed by atoms with Gasteiger partial charge in [0.1, 0.15) is 0 Å². The molecular weight excluding hydrogens is 300 g/mol. The molecule has 2 N–H and O–H groups in total. The van der Waals surface area contributed by atoms with Crippen molar-refractivity contribution in [3.05, 3.63) is 29.8 Å². The number of aliphatic hydroxyl groups excluding tert-OH is 1. The Morgan fingerprint density at radius 3 is 2.59 bits per heavy atom. The maximum Gasteiger partial charge on any atom is 0.242 e. The summed E-state index contributed by atoms with van der Waals surface area (Å²) < 4.78 is 25.7. The third-order valence-corrected chi connectivity index (χ3v) is 6.04. The summed E-state index contributed by atoms with van der Waals surface area (Å²) in [5.41, 5.74) is 0.950. The summed E-state index contributed by atoms with van der Waals surface area (Å²) in [5.74, 6) is 0.642. The van der Waals surface area contributed by atoms with Gasteiger partial charge in [0.15, 0.2) is 0 Å². The number of aliphatic hydroxyl groups is 1. The molecule has 6 heteroatoms. The van der Waals surface area contributed by atoms with Crippen LogP contribution in [0, 0.1) is 5.92 Å². The monoisotopic (exact) mass is 326 g/mol. The van der Waals surface area contributed by atoms with Crippen molar-refractivity contribution in [2.24, 2.45) is 5.92 Å². The second-order valence-corrected chi connectivity index (χ2v) is 8.36. The highest BCUT2D eigenvalue weighted by Crippen LogP contribution is 2.35. The van der Waals surface area contributed by atoms with Crippen LogP contribution in [0.3, 0.4) is 0 Å². The van der Waals surface area contributed by atoms with Crippen LogP contribution in [0.2, 0.25) is 0 Å². The van der Waals surface area contributed by atoms with Gasteiger partial charge in [-0.2, -0.15) is 0 Å². The molecule has 0 saturated heterocycles. The van der Waals surface area contributed by atoms with Gasteiger partial charge in [-0.25, -0.2) is 12.7 Å². The van der Waals surface area contributed by atoms with Gasteiger partial charge in [-0.05, 0) is 49.8 Å². The van der Waals surface area contributed by atoms with Crippen LogP contribution in [0.1, 0.15) is 37.8 Å². The largest absolute Gasteiger partial charge is 0.396 e. The lowest BCUT2D eigenvalue weighted by Gasteiger charge is -2.23. The lowest BCUT2D eigenvalue weighted by Crippen LogP contribution is -2.34. The SMILES string of the molecule is CC(NC(CCO)C1CC1)c1cccc(S(=O)(=O)N(C)C)c1. The Bertz CT molecular complexity index is 597. The lowest BCUT2D eigenvalue weighted by molar-refractivity contribution is 0.250. The molecule has 0 bridgehead atoms. The molecule has 22 heavy (non-hydrogen) atoms. The number of nitrogens with zero attached hydrogens (tertiary/aromatic N) is 1. The zero-order valence-electron chi connectivity index (χ0n) is 13.5. The van der Waals surface area contributed by atoms with Crippen LogP contribution in [0.4, 0.5) is 0 Å². The van der Waals surface area contributed by atoms with E-state index in [0.717, 1.165) is 12.0 Å². The van der Waals surface area contributed by atoms with Crippen molar-refractivity contribution in [2.75, 3.05) is 20.7 Å². The predicted molar refractivity (Wildman–Crippen MR) is 87.1 cm³/mol. The fourth-order valence-corrected chi connectivity index (χ4v) is 3.62. The highest BCUT2D eigenvalue weighted by Gasteiger charge is 2.31. The quantitative estimate of drug-likeness (QED) is 0.763. The molecule has 124 valence electrons. The molecular formula is C16H26N2O3S. The van der Waals surface area contributed by atoms with Gasteiger partial charge < -0.3 is 10.4 Å². The summed E-state index contributed by atoms with van der Waals surface area (Å²) in [4.78, 5) is 0.314. The van der Waals surface area contributed by atoms with Crippen LogP contribution in [-0.4, -0.2) is 44.6 Å². The van der Waals surface area contributed by atoms with Crippen molar-refractivity contribution in [1.82, 2.24) is 9.62 Å². The molecule has 5 nitrogen and oxygen atoms in total. The van der Waals surface area contributed by atoms with Crippen LogP contribution < -0.4 is 5.32 Å². The maximum absolute atomic E-state index is 12.2. The van der Waals surface area contributed by atoms with Crippen molar-refractivity contribution >= 4 is 10.0 Å². The summed E-state index contributed by atoms with van der Waals surface area (Å²) in [6.07, 6.45) is 3.16. The van der Waals surface area contributed by atoms with Gasteiger partial charge in [-0.1, -0.05) is 12.1 Å². The van der Waals surface area contributed by atoms with Gasteiger partial charge in [-0.15, -0.1) is 0 Å². The molecule has 0 aromatic heterocycles. The first-order chi connectivity index (χ1) is 10.4. The van der Waals surface area contributed by atoms with E-state index < -0.39 is 10.0 Å². The summed E-state index contributed by atoms with van der Waals surface area (Å²) in [6, 6.07) is 7.42. The summed E-state index contributed by atoms with van der Waals surface area (Å²) >= 11 is 0. The third kappa shape index (κ3) is 4.07. The van der Waals surface area contributed by atoms with E-state index in [1.54, 1.807) is 18.2 Å². The van der Waals surface area contributed by atoms with Gasteiger partial charge >= 0.3 is 0 Å². The first-order valence-corrected chi connectivity index (χ1v) is 9.19. The number of benzene rings is 1. The molecule has 0 spiro atoms. The molecule has 1 aliphatic rings. The Hall–Kier alpha value is -0.950. The third-order valence-electron chi connectivity index (χ3n) is 4.23. The molecule has 0 amide bonds. The van der Waals surface area contributed by atoms with Gasteiger partial charge in [0.25, 0.3) is 0 Å². The van der Waals surface area contributed by atoms with Crippen molar-refractivity contribution < 1.29 is 13.5 Å². The molecule has 2 rings (SSSR count). The van der Waals surface area contributed by atoms with Crippen molar-refractivity contribution in [3.63, 3.8) is 0 Å². The molecule has 1 aromatic rings. The highest BCUT2D eigenvalue weighted by molar-refractivity contribution is 7.89. The minimum atomic E-state index is -3.41. The fourth-order valence-electron chi connectivity index (χ4n) is 2.67. The lowest BCUT2D eigenvalue weighted by atomic mass is 10.0. The van der Waals surface area contributed by atoms with E-state index in [9.17, 15) is 13.5 Å². The summed E-state index contributed by atoms with van der Waals surface area (Å²) in [7, 11) is -0.338. The van der Waals surface area contributed by atoms with E-state index in [2.05, 4.69) is 5.32 Å². The van der Waals surface area contributed by atoms with Crippen LogP contribution in [-0.2, 0) is 10.0 Å². The Kier molecular flexibility index (Phi) is 5.60. The second kappa shape index (κ2) is 7.08. The zero-order valence-corrected chi connectivity index (χ0v) is 14.3. The first kappa shape index (κ1) is 17.4. The van der Waals surface area contributed by atoms with E-state index in [-0.39, 0.29) is 12.6 Å². The molecule has 0 radical (unpaired) electrons. The number of rotatable bonds is 8. The molecule has 1 fully saturated rings. The average molecular weight is 326 g/mol. The minimum absolute atomic E-state index is 0.0504. The minimum Gasteiger partial charge on any atom is -0.396 e. The Morgan fingerprint density at radius 1 is 1.36 bits per heavy atom. The highest BCUT2D eigenvalue weighted by atomic mass is 32.2. The van der Waals surface area contributed by atoms with E-state index in [4.69, 9.17) is 0 Å². The standard InChI is InChI=1S/C16H26N2O3S/c1-12(17-16(9-10-19)13-7-8-13)14-5-4-6-15(11-14)22(20,21)18(2)3/h4-6,11-13,16-17,19H,7-10H2,1-3H3. The summed E-state index contributed by atoms with van der Waals surface area (Å²) in [6.45, 7) is 2.21. The van der Waals surface area contributed by atoms with Crippen molar-refractivity contribution in [2.45, 2.75) is 43.2 Å². The molecule has 2 unspecified atom stereocenters. The Labute approximate surface area is 133 Å². The van der Waals surface area contributed by atoms with E-state index >= 15 is 0 Å². The van der Waals surface area contributed by atoms with Crippen molar-refractivity contribution in [3.8, 4) is 0 Å². The fraction of sp³-hybridized carbons (Fsp3) is 0.625. The molecule has 1 saturated carbocycles. The molecule has 0 heterocycles. The first-order valence-electron chi connectivity index (χ1n) is 7.75. The topological polar surface area (TPSA) is 69.6 Å². The number of nitrogens with one attached hydrogen (secondary N) is 1. The second-order valence-electron chi connectivity index (χ2n) is 6.20. The molecule has 1 aliphatic carbocycles. The molecule has 1 aromatic carbocycles. The van der Waals surface area contributed by atoms with Crippen molar-refractivity contribution in [1.29, 1.82) is 0 Å². The number of sulfonamides is 1. The van der Waals surface area contributed by atoms with Crippen LogP contribution in [0.15, 0.2) is 29.2 Å². The zero-order chi connectivity index (χ0) is 16.3. The van der Waals surface area contributed by atoms with Gasteiger partial charge in [-0.3, -0.25) is 0 Å². The van der Waals surface area contributed by atoms with Gasteiger partial charge in [0.05, 0.1) is 4.90 Å². The smallest absolute Gasteiger partial charge is 0.242 e. The Balaban J connectivity index is 2.14. The predicted octanol–water partition coefficient (Wildman–Crippen LogP) is 1.75. The summed E-state index contributed by atoms with van der Waals surface area (Å²) in [5, 5.41) is 12.7. The van der Waals surface area contributed by atoms with Crippen LogP contribution in [0.25, 0.3) is 0 Å². The van der Waals surface area contributed by atoms with Gasteiger partial charge in [0, 0.05) is 32.8 Å². The molecule has 0 aliphatic heterocycles. The Morgan fingerprint density at radius 2 is 2.05 bits per heavy atom. The van der Waals surface area contributed by atoms with E-state index in [1.165, 1.54) is 31.2 Å². The van der Waals surface area contributed by atoms with Crippen LogP contribution in [0.5, 0.6) is 0 Å². The van der Waals surface area contributed by atoms with E-state index in [0.29, 0.717) is 16.9 Å². The van der Waals surface area contributed by atoms with Gasteiger partial charge in [0.2, 0.25) is 10.0 Å². The van der Waals surface area contributed by atoms with E-state index in [1.807, 2.05) is 13.0 Å². The number of hydrogen-bond acceptors (Lipinski definition) is 4. The number of hydrogen-bond donors (Lipinski definition) is 2.